The topological polar surface area (TPSA) is 61.4 Å². The van der Waals surface area contributed by atoms with Crippen LogP contribution in [0.4, 0.5) is 5.69 Å². The minimum Gasteiger partial charge on any atom is -0.359 e. The summed E-state index contributed by atoms with van der Waals surface area (Å²) in [4.78, 5) is 0.0630. The van der Waals surface area contributed by atoms with Crippen LogP contribution >= 0.6 is 23.8 Å². The molecule has 1 aliphatic rings. The van der Waals surface area contributed by atoms with Crippen molar-refractivity contribution in [3.8, 4) is 0 Å². The number of hydrogen-bond donors (Lipinski definition) is 2. The van der Waals surface area contributed by atoms with E-state index < -0.39 is 10.0 Å². The molecule has 1 saturated carbocycles. The first-order chi connectivity index (χ1) is 11.2. The summed E-state index contributed by atoms with van der Waals surface area (Å²) in [5, 5.41) is 7.10. The Morgan fingerprint density at radius 1 is 1.29 bits per heavy atom. The molecule has 0 amide bonds. The van der Waals surface area contributed by atoms with E-state index in [-0.39, 0.29) is 9.92 Å². The van der Waals surface area contributed by atoms with Gasteiger partial charge in [0, 0.05) is 25.8 Å². The normalized spacial score (nSPS) is 21.5. The second-order valence-corrected chi connectivity index (χ2v) is 9.34. The summed E-state index contributed by atoms with van der Waals surface area (Å²) in [6.07, 6.45) is 4.77. The predicted molar refractivity (Wildman–Crippen MR) is 103 cm³/mol. The third kappa shape index (κ3) is 4.59. The first kappa shape index (κ1) is 19.4. The maximum atomic E-state index is 12.3. The van der Waals surface area contributed by atoms with Gasteiger partial charge in [-0.3, -0.25) is 0 Å². The molecule has 0 spiro atoms. The average Bonchev–Trinajstić information content (AvgIpc) is 2.51. The lowest BCUT2D eigenvalue weighted by Gasteiger charge is -2.30. The highest BCUT2D eigenvalue weighted by Crippen LogP contribution is 2.27. The SMILES string of the molecule is C[C@H]1CCCC[C@@H]1NC(=S)Nc1ccc(Cl)c(S(=O)(=O)N(C)C)c1. The zero-order valence-electron chi connectivity index (χ0n) is 14.2. The number of hydrogen-bond acceptors (Lipinski definition) is 3. The molecule has 1 fully saturated rings. The highest BCUT2D eigenvalue weighted by molar-refractivity contribution is 7.89. The standard InChI is InChI=1S/C16H24ClN3O2S2/c1-11-6-4-5-7-14(11)19-16(23)18-12-8-9-13(17)15(10-12)24(21,22)20(2)3/h8-11,14H,4-7H2,1-3H3,(H2,18,19,23)/t11-,14-/m0/s1. The van der Waals surface area contributed by atoms with Gasteiger partial charge in [-0.15, -0.1) is 0 Å². The molecule has 0 aromatic heterocycles. The highest BCUT2D eigenvalue weighted by atomic mass is 35.5. The van der Waals surface area contributed by atoms with Gasteiger partial charge < -0.3 is 10.6 Å². The molecule has 5 nitrogen and oxygen atoms in total. The van der Waals surface area contributed by atoms with Crippen molar-refractivity contribution < 1.29 is 8.42 Å². The lowest BCUT2D eigenvalue weighted by Crippen LogP contribution is -2.43. The third-order valence-electron chi connectivity index (χ3n) is 4.38. The van der Waals surface area contributed by atoms with Crippen LogP contribution in [0.3, 0.4) is 0 Å². The van der Waals surface area contributed by atoms with E-state index in [1.54, 1.807) is 12.1 Å². The molecule has 1 aromatic rings. The Labute approximate surface area is 154 Å². The van der Waals surface area contributed by atoms with Crippen molar-refractivity contribution in [2.75, 3.05) is 19.4 Å². The Bertz CT molecular complexity index is 707. The molecule has 2 N–H and O–H groups in total. The fourth-order valence-corrected chi connectivity index (χ4v) is 4.50. The van der Waals surface area contributed by atoms with Crippen molar-refractivity contribution >= 4 is 44.6 Å². The first-order valence-corrected chi connectivity index (χ1v) is 10.2. The van der Waals surface area contributed by atoms with Gasteiger partial charge in [0.1, 0.15) is 4.90 Å². The van der Waals surface area contributed by atoms with Crippen LogP contribution in [0.2, 0.25) is 5.02 Å². The molecule has 0 unspecified atom stereocenters. The van der Waals surface area contributed by atoms with Crippen LogP contribution in [0, 0.1) is 5.92 Å². The van der Waals surface area contributed by atoms with E-state index in [1.165, 1.54) is 39.4 Å². The van der Waals surface area contributed by atoms with E-state index in [9.17, 15) is 8.42 Å². The molecule has 1 aromatic carbocycles. The summed E-state index contributed by atoms with van der Waals surface area (Å²) in [5.41, 5.74) is 0.598. The minimum absolute atomic E-state index is 0.0630. The van der Waals surface area contributed by atoms with Gasteiger partial charge in [0.15, 0.2) is 5.11 Å². The molecule has 0 aliphatic heterocycles. The van der Waals surface area contributed by atoms with Gasteiger partial charge in [-0.05, 0) is 49.2 Å². The summed E-state index contributed by atoms with van der Waals surface area (Å²) in [5.74, 6) is 0.577. The Balaban J connectivity index is 2.11. The van der Waals surface area contributed by atoms with E-state index in [2.05, 4.69) is 17.6 Å². The van der Waals surface area contributed by atoms with Gasteiger partial charge in [-0.2, -0.15) is 0 Å². The van der Waals surface area contributed by atoms with Gasteiger partial charge in [0.2, 0.25) is 10.0 Å². The van der Waals surface area contributed by atoms with E-state index in [1.807, 2.05) is 0 Å². The summed E-state index contributed by atoms with van der Waals surface area (Å²) < 4.78 is 25.8. The van der Waals surface area contributed by atoms with Gasteiger partial charge >= 0.3 is 0 Å². The molecule has 0 saturated heterocycles. The maximum Gasteiger partial charge on any atom is 0.244 e. The third-order valence-corrected chi connectivity index (χ3v) is 6.89. The van der Waals surface area contributed by atoms with Crippen molar-refractivity contribution in [2.24, 2.45) is 5.92 Å². The number of nitrogens with one attached hydrogen (secondary N) is 2. The van der Waals surface area contributed by atoms with Crippen LogP contribution in [0.5, 0.6) is 0 Å². The molecule has 134 valence electrons. The van der Waals surface area contributed by atoms with Gasteiger partial charge in [-0.25, -0.2) is 12.7 Å². The summed E-state index contributed by atoms with van der Waals surface area (Å²) in [6, 6.07) is 5.15. The molecule has 8 heteroatoms. The van der Waals surface area contributed by atoms with Crippen molar-refractivity contribution in [3.63, 3.8) is 0 Å². The Morgan fingerprint density at radius 3 is 2.58 bits per heavy atom. The van der Waals surface area contributed by atoms with Crippen molar-refractivity contribution in [1.29, 1.82) is 0 Å². The van der Waals surface area contributed by atoms with Gasteiger partial charge in [0.25, 0.3) is 0 Å². The summed E-state index contributed by atoms with van der Waals surface area (Å²) in [7, 11) is -0.655. The Kier molecular flexibility index (Phi) is 6.47. The van der Waals surface area contributed by atoms with Crippen LogP contribution in [-0.4, -0.2) is 38.0 Å². The lowest BCUT2D eigenvalue weighted by atomic mass is 9.86. The van der Waals surface area contributed by atoms with E-state index in [0.717, 1.165) is 10.7 Å². The van der Waals surface area contributed by atoms with E-state index in [0.29, 0.717) is 22.8 Å². The maximum absolute atomic E-state index is 12.3. The molecule has 0 heterocycles. The van der Waals surface area contributed by atoms with Crippen LogP contribution < -0.4 is 10.6 Å². The minimum atomic E-state index is -3.60. The number of halogens is 1. The van der Waals surface area contributed by atoms with Crippen molar-refractivity contribution in [1.82, 2.24) is 9.62 Å². The molecule has 2 atom stereocenters. The van der Waals surface area contributed by atoms with Crippen LogP contribution in [-0.2, 0) is 10.0 Å². The Hall–Kier alpha value is -0.890. The van der Waals surface area contributed by atoms with Gasteiger partial charge in [0.05, 0.1) is 5.02 Å². The van der Waals surface area contributed by atoms with Crippen molar-refractivity contribution in [3.05, 3.63) is 23.2 Å². The molecule has 2 rings (SSSR count). The molecule has 0 radical (unpaired) electrons. The predicted octanol–water partition coefficient (Wildman–Crippen LogP) is 3.46. The number of thiocarbonyl (C=S) groups is 1. The van der Waals surface area contributed by atoms with Crippen LogP contribution in [0.15, 0.2) is 23.1 Å². The number of sulfonamides is 1. The zero-order valence-corrected chi connectivity index (χ0v) is 16.6. The lowest BCUT2D eigenvalue weighted by molar-refractivity contribution is 0.309. The molecular formula is C16H24ClN3O2S2. The van der Waals surface area contributed by atoms with Crippen molar-refractivity contribution in [2.45, 2.75) is 43.5 Å². The van der Waals surface area contributed by atoms with Crippen LogP contribution in [0.1, 0.15) is 32.6 Å². The monoisotopic (exact) mass is 389 g/mol. The second kappa shape index (κ2) is 7.99. The fraction of sp³-hybridized carbons (Fsp3) is 0.562. The smallest absolute Gasteiger partial charge is 0.244 e. The van der Waals surface area contributed by atoms with E-state index >= 15 is 0 Å². The largest absolute Gasteiger partial charge is 0.359 e. The molecular weight excluding hydrogens is 366 g/mol. The summed E-state index contributed by atoms with van der Waals surface area (Å²) in [6.45, 7) is 2.23. The number of rotatable bonds is 4. The zero-order chi connectivity index (χ0) is 17.9. The van der Waals surface area contributed by atoms with Crippen LogP contribution in [0.25, 0.3) is 0 Å². The highest BCUT2D eigenvalue weighted by Gasteiger charge is 2.23. The molecule has 1 aliphatic carbocycles. The van der Waals surface area contributed by atoms with Gasteiger partial charge in [-0.1, -0.05) is 31.4 Å². The second-order valence-electron chi connectivity index (χ2n) is 6.40. The quantitative estimate of drug-likeness (QED) is 0.772. The Morgan fingerprint density at radius 2 is 1.96 bits per heavy atom. The van der Waals surface area contributed by atoms with E-state index in [4.69, 9.17) is 23.8 Å². The number of benzene rings is 1. The number of nitrogens with zero attached hydrogens (tertiary/aromatic N) is 1. The first-order valence-electron chi connectivity index (χ1n) is 8.01. The molecule has 24 heavy (non-hydrogen) atoms. The molecule has 0 bridgehead atoms. The summed E-state index contributed by atoms with van der Waals surface area (Å²) >= 11 is 11.4. The number of anilines is 1. The average molecular weight is 390 g/mol. The fourth-order valence-electron chi connectivity index (χ4n) is 2.84.